The van der Waals surface area contributed by atoms with Gasteiger partial charge in [0.25, 0.3) is 0 Å². The molecule has 0 spiro atoms. The molecule has 1 aromatic rings. The van der Waals surface area contributed by atoms with Crippen molar-refractivity contribution in [1.29, 1.82) is 0 Å². The van der Waals surface area contributed by atoms with Crippen molar-refractivity contribution < 1.29 is 4.79 Å². The minimum atomic E-state index is -0.534. The van der Waals surface area contributed by atoms with Crippen LogP contribution in [0.1, 0.15) is 5.56 Å². The van der Waals surface area contributed by atoms with Gasteiger partial charge in [-0.25, -0.2) is 4.79 Å². The predicted octanol–water partition coefficient (Wildman–Crippen LogP) is 0.646. The number of rotatable bonds is 4. The summed E-state index contributed by atoms with van der Waals surface area (Å²) >= 11 is 0. The number of carbonyl (C=O) groups is 1. The third-order valence-corrected chi connectivity index (χ3v) is 1.88. The van der Waals surface area contributed by atoms with Crippen LogP contribution in [0.3, 0.4) is 0 Å². The lowest BCUT2D eigenvalue weighted by molar-refractivity contribution is 0.248. The van der Waals surface area contributed by atoms with E-state index in [1.807, 2.05) is 30.3 Å². The Labute approximate surface area is 95.4 Å². The summed E-state index contributed by atoms with van der Waals surface area (Å²) in [7, 11) is 0. The molecule has 0 aliphatic carbocycles. The molecule has 5 heteroatoms. The van der Waals surface area contributed by atoms with Crippen LogP contribution in [0.25, 0.3) is 0 Å². The molecule has 1 unspecified atom stereocenters. The molecule has 0 radical (unpaired) electrons. The smallest absolute Gasteiger partial charge is 0.312 e. The van der Waals surface area contributed by atoms with E-state index < -0.39 is 6.03 Å². The molecular formula is C10H16ClN3O. The molecule has 84 valence electrons. The van der Waals surface area contributed by atoms with Crippen molar-refractivity contribution in [2.24, 2.45) is 11.5 Å². The first-order valence-corrected chi connectivity index (χ1v) is 4.51. The highest BCUT2D eigenvalue weighted by Gasteiger charge is 2.03. The number of halogens is 1. The molecule has 0 heterocycles. The van der Waals surface area contributed by atoms with Crippen LogP contribution in [0.5, 0.6) is 0 Å². The Morgan fingerprint density at radius 2 is 1.93 bits per heavy atom. The summed E-state index contributed by atoms with van der Waals surface area (Å²) in [5.74, 6) is 0. The lowest BCUT2D eigenvalue weighted by Crippen LogP contribution is -2.40. The zero-order chi connectivity index (χ0) is 10.4. The molecule has 0 aliphatic rings. The van der Waals surface area contributed by atoms with Gasteiger partial charge in [-0.2, -0.15) is 0 Å². The molecule has 1 aromatic carbocycles. The molecule has 1 atom stereocenters. The minimum absolute atomic E-state index is 0. The number of urea groups is 1. The van der Waals surface area contributed by atoms with Gasteiger partial charge in [-0.05, 0) is 12.0 Å². The number of hydrogen-bond acceptors (Lipinski definition) is 2. The third kappa shape index (κ3) is 5.93. The second kappa shape index (κ2) is 7.09. The quantitative estimate of drug-likeness (QED) is 0.709. The second-order valence-electron chi connectivity index (χ2n) is 3.19. The predicted molar refractivity (Wildman–Crippen MR) is 63.0 cm³/mol. The van der Waals surface area contributed by atoms with E-state index in [9.17, 15) is 4.79 Å². The largest absolute Gasteiger partial charge is 0.352 e. The van der Waals surface area contributed by atoms with Crippen molar-refractivity contribution in [2.75, 3.05) is 6.54 Å². The maximum Gasteiger partial charge on any atom is 0.312 e. The highest BCUT2D eigenvalue weighted by molar-refractivity contribution is 5.85. The Balaban J connectivity index is 0.00000196. The van der Waals surface area contributed by atoms with Crippen LogP contribution in [0, 0.1) is 0 Å². The molecule has 4 nitrogen and oxygen atoms in total. The number of benzene rings is 1. The lowest BCUT2D eigenvalue weighted by Gasteiger charge is -2.11. The molecule has 0 saturated carbocycles. The van der Waals surface area contributed by atoms with Gasteiger partial charge >= 0.3 is 6.03 Å². The number of primary amides is 1. The van der Waals surface area contributed by atoms with E-state index in [0.29, 0.717) is 6.54 Å². The van der Waals surface area contributed by atoms with E-state index in [-0.39, 0.29) is 18.4 Å². The molecule has 0 bridgehead atoms. The van der Waals surface area contributed by atoms with Crippen molar-refractivity contribution in [1.82, 2.24) is 5.32 Å². The van der Waals surface area contributed by atoms with Gasteiger partial charge in [0.2, 0.25) is 0 Å². The van der Waals surface area contributed by atoms with E-state index >= 15 is 0 Å². The van der Waals surface area contributed by atoms with Gasteiger partial charge in [-0.3, -0.25) is 0 Å². The standard InChI is InChI=1S/C10H15N3O.ClH/c11-9(7-13-10(12)14)6-8-4-2-1-3-5-8;/h1-5,9H,6-7,11H2,(H3,12,13,14);1H. The maximum atomic E-state index is 10.4. The van der Waals surface area contributed by atoms with Crippen molar-refractivity contribution in [2.45, 2.75) is 12.5 Å². The minimum Gasteiger partial charge on any atom is -0.352 e. The van der Waals surface area contributed by atoms with E-state index in [4.69, 9.17) is 11.5 Å². The van der Waals surface area contributed by atoms with Crippen LogP contribution in [-0.4, -0.2) is 18.6 Å². The van der Waals surface area contributed by atoms with Gasteiger partial charge in [-0.1, -0.05) is 30.3 Å². The topological polar surface area (TPSA) is 81.1 Å². The maximum absolute atomic E-state index is 10.4. The third-order valence-electron chi connectivity index (χ3n) is 1.88. The Morgan fingerprint density at radius 1 is 1.33 bits per heavy atom. The average Bonchev–Trinajstić information content (AvgIpc) is 2.16. The molecule has 5 N–H and O–H groups in total. The van der Waals surface area contributed by atoms with Crippen molar-refractivity contribution in [3.8, 4) is 0 Å². The van der Waals surface area contributed by atoms with E-state index in [1.54, 1.807) is 0 Å². The molecule has 2 amide bonds. The first kappa shape index (κ1) is 13.7. The fourth-order valence-electron chi connectivity index (χ4n) is 1.22. The fourth-order valence-corrected chi connectivity index (χ4v) is 1.22. The first-order valence-electron chi connectivity index (χ1n) is 4.51. The Hall–Kier alpha value is -1.26. The SMILES string of the molecule is Cl.NC(=O)NCC(N)Cc1ccccc1. The number of carbonyl (C=O) groups excluding carboxylic acids is 1. The summed E-state index contributed by atoms with van der Waals surface area (Å²) in [6.07, 6.45) is 0.737. The van der Waals surface area contributed by atoms with Crippen LogP contribution in [0.4, 0.5) is 4.79 Å². The van der Waals surface area contributed by atoms with Crippen LogP contribution in [0.2, 0.25) is 0 Å². The van der Waals surface area contributed by atoms with E-state index in [0.717, 1.165) is 12.0 Å². The van der Waals surface area contributed by atoms with Gasteiger partial charge in [0, 0.05) is 12.6 Å². The first-order chi connectivity index (χ1) is 6.68. The zero-order valence-corrected chi connectivity index (χ0v) is 9.17. The van der Waals surface area contributed by atoms with Gasteiger partial charge < -0.3 is 16.8 Å². The molecule has 0 aliphatic heterocycles. The Morgan fingerprint density at radius 3 is 2.47 bits per heavy atom. The molecular weight excluding hydrogens is 214 g/mol. The summed E-state index contributed by atoms with van der Waals surface area (Å²) in [4.78, 5) is 10.4. The highest BCUT2D eigenvalue weighted by Crippen LogP contribution is 2.00. The number of hydrogen-bond donors (Lipinski definition) is 3. The monoisotopic (exact) mass is 229 g/mol. The fraction of sp³-hybridized carbons (Fsp3) is 0.300. The summed E-state index contributed by atoms with van der Waals surface area (Å²) < 4.78 is 0. The summed E-state index contributed by atoms with van der Waals surface area (Å²) in [6.45, 7) is 0.407. The van der Waals surface area contributed by atoms with E-state index in [2.05, 4.69) is 5.32 Å². The van der Waals surface area contributed by atoms with Crippen molar-refractivity contribution in [3.05, 3.63) is 35.9 Å². The second-order valence-corrected chi connectivity index (χ2v) is 3.19. The molecule has 0 aromatic heterocycles. The van der Waals surface area contributed by atoms with Gasteiger partial charge in [0.1, 0.15) is 0 Å². The summed E-state index contributed by atoms with van der Waals surface area (Å²) in [5.41, 5.74) is 11.9. The van der Waals surface area contributed by atoms with Crippen LogP contribution < -0.4 is 16.8 Å². The average molecular weight is 230 g/mol. The lowest BCUT2D eigenvalue weighted by atomic mass is 10.1. The molecule has 0 fully saturated rings. The number of amides is 2. The van der Waals surface area contributed by atoms with Crippen molar-refractivity contribution in [3.63, 3.8) is 0 Å². The number of nitrogens with two attached hydrogens (primary N) is 2. The molecule has 0 saturated heterocycles. The van der Waals surface area contributed by atoms with Crippen molar-refractivity contribution >= 4 is 18.4 Å². The summed E-state index contributed by atoms with van der Waals surface area (Å²) in [6, 6.07) is 9.26. The van der Waals surface area contributed by atoms with E-state index in [1.165, 1.54) is 0 Å². The summed E-state index contributed by atoms with van der Waals surface area (Å²) in [5, 5.41) is 2.48. The highest BCUT2D eigenvalue weighted by atomic mass is 35.5. The van der Waals surface area contributed by atoms with Gasteiger partial charge in [0.15, 0.2) is 0 Å². The normalized spacial score (nSPS) is 11.3. The molecule has 1 rings (SSSR count). The zero-order valence-electron chi connectivity index (χ0n) is 8.35. The number of nitrogens with one attached hydrogen (secondary N) is 1. The van der Waals surface area contributed by atoms with Crippen LogP contribution in [-0.2, 0) is 6.42 Å². The van der Waals surface area contributed by atoms with Crippen LogP contribution >= 0.6 is 12.4 Å². The van der Waals surface area contributed by atoms with Crippen LogP contribution in [0.15, 0.2) is 30.3 Å². The Kier molecular flexibility index (Phi) is 6.49. The molecule has 15 heavy (non-hydrogen) atoms. The van der Waals surface area contributed by atoms with Gasteiger partial charge in [0.05, 0.1) is 0 Å². The Bertz CT molecular complexity index is 292. The van der Waals surface area contributed by atoms with Gasteiger partial charge in [-0.15, -0.1) is 12.4 Å².